The summed E-state index contributed by atoms with van der Waals surface area (Å²) in [7, 11) is 0. The summed E-state index contributed by atoms with van der Waals surface area (Å²) < 4.78 is 0. The normalized spacial score (nSPS) is 11.6. The van der Waals surface area contributed by atoms with Gasteiger partial charge in [-0.2, -0.15) is 11.8 Å². The van der Waals surface area contributed by atoms with Gasteiger partial charge in [-0.25, -0.2) is 9.97 Å². The van der Waals surface area contributed by atoms with E-state index in [1.807, 2.05) is 11.8 Å². The fourth-order valence-electron chi connectivity index (χ4n) is 1.43. The van der Waals surface area contributed by atoms with Crippen molar-refractivity contribution in [2.24, 2.45) is 0 Å². The summed E-state index contributed by atoms with van der Waals surface area (Å²) in [5, 5.41) is 3.31. The van der Waals surface area contributed by atoms with E-state index in [2.05, 4.69) is 43.0 Å². The minimum absolute atomic E-state index is 0.0795. The van der Waals surface area contributed by atoms with Crippen LogP contribution in [0.4, 0.5) is 11.6 Å². The number of nitrogen functional groups attached to an aromatic ring is 1. The molecule has 0 unspecified atom stereocenters. The van der Waals surface area contributed by atoms with E-state index in [1.165, 1.54) is 11.5 Å². The van der Waals surface area contributed by atoms with Gasteiger partial charge in [-0.1, -0.05) is 27.7 Å². The van der Waals surface area contributed by atoms with Gasteiger partial charge in [0.2, 0.25) is 0 Å². The van der Waals surface area contributed by atoms with Crippen molar-refractivity contribution < 1.29 is 0 Å². The van der Waals surface area contributed by atoms with Crippen molar-refractivity contribution in [3.63, 3.8) is 0 Å². The third-order valence-electron chi connectivity index (χ3n) is 2.39. The van der Waals surface area contributed by atoms with E-state index >= 15 is 0 Å². The lowest BCUT2D eigenvalue weighted by Gasteiger charge is -2.18. The maximum absolute atomic E-state index is 5.81. The first-order chi connectivity index (χ1) is 8.43. The van der Waals surface area contributed by atoms with Crippen LogP contribution in [0, 0.1) is 0 Å². The molecule has 0 atom stereocenters. The Labute approximate surface area is 114 Å². The molecule has 5 heteroatoms. The molecule has 0 radical (unpaired) electrons. The van der Waals surface area contributed by atoms with Crippen molar-refractivity contribution >= 4 is 23.4 Å². The molecule has 0 fully saturated rings. The van der Waals surface area contributed by atoms with E-state index in [0.717, 1.165) is 24.6 Å². The smallest absolute Gasteiger partial charge is 0.138 e. The molecule has 0 bridgehead atoms. The van der Waals surface area contributed by atoms with Crippen molar-refractivity contribution in [3.05, 3.63) is 11.9 Å². The first-order valence-electron chi connectivity index (χ1n) is 6.40. The molecule has 0 aromatic carbocycles. The van der Waals surface area contributed by atoms with Crippen molar-refractivity contribution in [2.45, 2.75) is 39.5 Å². The van der Waals surface area contributed by atoms with Gasteiger partial charge in [-0.05, 0) is 17.9 Å². The number of thioether (sulfide) groups is 1. The molecule has 0 aliphatic rings. The molecule has 0 spiro atoms. The highest BCUT2D eigenvalue weighted by atomic mass is 32.2. The van der Waals surface area contributed by atoms with Crippen LogP contribution in [-0.2, 0) is 5.41 Å². The van der Waals surface area contributed by atoms with Crippen LogP contribution in [0.3, 0.4) is 0 Å². The first-order valence-corrected chi connectivity index (χ1v) is 7.55. The highest BCUT2D eigenvalue weighted by Gasteiger charge is 2.18. The van der Waals surface area contributed by atoms with Crippen LogP contribution in [0.15, 0.2) is 6.07 Å². The maximum atomic E-state index is 5.81. The molecule has 4 nitrogen and oxygen atoms in total. The van der Waals surface area contributed by atoms with Gasteiger partial charge in [-0.3, -0.25) is 0 Å². The number of nitrogens with two attached hydrogens (primary N) is 1. The molecule has 0 saturated heterocycles. The number of hydrogen-bond acceptors (Lipinski definition) is 5. The van der Waals surface area contributed by atoms with Crippen molar-refractivity contribution in [2.75, 3.05) is 29.1 Å². The van der Waals surface area contributed by atoms with E-state index < -0.39 is 0 Å². The summed E-state index contributed by atoms with van der Waals surface area (Å²) in [6.07, 6.45) is 1.13. The van der Waals surface area contributed by atoms with Crippen LogP contribution in [0.5, 0.6) is 0 Å². The van der Waals surface area contributed by atoms with E-state index in [9.17, 15) is 0 Å². The molecular formula is C13H24N4S. The van der Waals surface area contributed by atoms with Gasteiger partial charge in [0, 0.05) is 18.0 Å². The number of rotatable bonds is 6. The average molecular weight is 268 g/mol. The van der Waals surface area contributed by atoms with Crippen molar-refractivity contribution in [3.8, 4) is 0 Å². The summed E-state index contributed by atoms with van der Waals surface area (Å²) >= 11 is 1.96. The second-order valence-electron chi connectivity index (χ2n) is 5.23. The van der Waals surface area contributed by atoms with E-state index in [-0.39, 0.29) is 5.41 Å². The van der Waals surface area contributed by atoms with Gasteiger partial charge in [0.1, 0.15) is 17.5 Å². The minimum atomic E-state index is -0.0795. The van der Waals surface area contributed by atoms with Crippen LogP contribution >= 0.6 is 11.8 Å². The highest BCUT2D eigenvalue weighted by Crippen LogP contribution is 2.21. The Morgan fingerprint density at radius 2 is 2.06 bits per heavy atom. The zero-order valence-electron chi connectivity index (χ0n) is 11.8. The summed E-state index contributed by atoms with van der Waals surface area (Å²) in [6.45, 7) is 9.36. The Balaban J connectivity index is 2.58. The van der Waals surface area contributed by atoms with Gasteiger partial charge < -0.3 is 11.1 Å². The Morgan fingerprint density at radius 1 is 1.33 bits per heavy atom. The van der Waals surface area contributed by atoms with Crippen LogP contribution in [0.25, 0.3) is 0 Å². The molecule has 1 aromatic rings. The minimum Gasteiger partial charge on any atom is -0.384 e. The predicted octanol–water partition coefficient (Wildman–Crippen LogP) is 2.91. The van der Waals surface area contributed by atoms with E-state index in [0.29, 0.717) is 5.82 Å². The average Bonchev–Trinajstić information content (AvgIpc) is 2.27. The summed E-state index contributed by atoms with van der Waals surface area (Å²) in [5.74, 6) is 4.49. The molecule has 3 N–H and O–H groups in total. The standard InChI is InChI=1S/C13H24N4S/c1-5-18-8-6-7-15-11-9-10(14)16-12(17-11)13(2,3)4/h9H,5-8H2,1-4H3,(H3,14,15,16,17). The third kappa shape index (κ3) is 5.12. The van der Waals surface area contributed by atoms with Crippen LogP contribution in [-0.4, -0.2) is 28.0 Å². The Kier molecular flexibility index (Phi) is 5.72. The van der Waals surface area contributed by atoms with E-state index in [4.69, 9.17) is 5.73 Å². The lowest BCUT2D eigenvalue weighted by Crippen LogP contribution is -2.18. The molecule has 0 aliphatic carbocycles. The molecular weight excluding hydrogens is 244 g/mol. The fourth-order valence-corrected chi connectivity index (χ4v) is 2.06. The van der Waals surface area contributed by atoms with Crippen molar-refractivity contribution in [1.29, 1.82) is 0 Å². The largest absolute Gasteiger partial charge is 0.384 e. The quantitative estimate of drug-likeness (QED) is 0.777. The number of aromatic nitrogens is 2. The first kappa shape index (κ1) is 15.1. The molecule has 1 rings (SSSR count). The SMILES string of the molecule is CCSCCCNc1cc(N)nc(C(C)(C)C)n1. The zero-order chi connectivity index (χ0) is 13.6. The van der Waals surface area contributed by atoms with Crippen LogP contribution < -0.4 is 11.1 Å². The Bertz CT molecular complexity index is 374. The Hall–Kier alpha value is -0.970. The molecule has 1 aromatic heterocycles. The number of anilines is 2. The van der Waals surface area contributed by atoms with Gasteiger partial charge in [0.15, 0.2) is 0 Å². The molecule has 0 saturated carbocycles. The maximum Gasteiger partial charge on any atom is 0.138 e. The molecule has 0 amide bonds. The lowest BCUT2D eigenvalue weighted by molar-refractivity contribution is 0.547. The highest BCUT2D eigenvalue weighted by molar-refractivity contribution is 7.99. The van der Waals surface area contributed by atoms with Crippen LogP contribution in [0.2, 0.25) is 0 Å². The lowest BCUT2D eigenvalue weighted by atomic mass is 9.96. The monoisotopic (exact) mass is 268 g/mol. The second-order valence-corrected chi connectivity index (χ2v) is 6.62. The third-order valence-corrected chi connectivity index (χ3v) is 3.38. The summed E-state index contributed by atoms with van der Waals surface area (Å²) in [6, 6.07) is 1.79. The van der Waals surface area contributed by atoms with Crippen molar-refractivity contribution in [1.82, 2.24) is 9.97 Å². The van der Waals surface area contributed by atoms with Gasteiger partial charge in [0.25, 0.3) is 0 Å². The molecule has 18 heavy (non-hydrogen) atoms. The predicted molar refractivity (Wildman–Crippen MR) is 81.3 cm³/mol. The fraction of sp³-hybridized carbons (Fsp3) is 0.692. The number of hydrogen-bond donors (Lipinski definition) is 2. The van der Waals surface area contributed by atoms with Gasteiger partial charge in [0.05, 0.1) is 0 Å². The summed E-state index contributed by atoms with van der Waals surface area (Å²) in [5.41, 5.74) is 5.73. The molecule has 0 aliphatic heterocycles. The van der Waals surface area contributed by atoms with Gasteiger partial charge in [-0.15, -0.1) is 0 Å². The molecule has 1 heterocycles. The van der Waals surface area contributed by atoms with Gasteiger partial charge >= 0.3 is 0 Å². The Morgan fingerprint density at radius 3 is 2.67 bits per heavy atom. The number of nitrogens with zero attached hydrogens (tertiary/aromatic N) is 2. The van der Waals surface area contributed by atoms with Crippen LogP contribution in [0.1, 0.15) is 39.9 Å². The second kappa shape index (κ2) is 6.83. The molecule has 102 valence electrons. The van der Waals surface area contributed by atoms with E-state index in [1.54, 1.807) is 6.07 Å². The zero-order valence-corrected chi connectivity index (χ0v) is 12.6. The number of nitrogens with one attached hydrogen (secondary N) is 1. The topological polar surface area (TPSA) is 63.8 Å². The summed E-state index contributed by atoms with van der Waals surface area (Å²) in [4.78, 5) is 8.80.